The summed E-state index contributed by atoms with van der Waals surface area (Å²) in [6.45, 7) is 7.68. The van der Waals surface area contributed by atoms with Crippen LogP contribution in [0.5, 0.6) is 0 Å². The van der Waals surface area contributed by atoms with Crippen molar-refractivity contribution < 1.29 is 9.90 Å². The largest absolute Gasteiger partial charge is 0.392 e. The van der Waals surface area contributed by atoms with Gasteiger partial charge in [-0.15, -0.1) is 0 Å². The molecule has 0 fully saturated rings. The van der Waals surface area contributed by atoms with Crippen LogP contribution in [0.3, 0.4) is 0 Å². The third-order valence-electron chi connectivity index (χ3n) is 1.53. The van der Waals surface area contributed by atoms with Gasteiger partial charge in [-0.2, -0.15) is 0 Å². The first-order chi connectivity index (χ1) is 5.25. The molecule has 0 spiro atoms. The number of hydrogen-bond donors (Lipinski definition) is 1. The van der Waals surface area contributed by atoms with Gasteiger partial charge in [-0.05, 0) is 6.92 Å². The van der Waals surface area contributed by atoms with Crippen molar-refractivity contribution >= 4 is 5.91 Å². The summed E-state index contributed by atoms with van der Waals surface area (Å²) in [6, 6.07) is 0. The van der Waals surface area contributed by atoms with E-state index in [1.165, 1.54) is 0 Å². The van der Waals surface area contributed by atoms with Gasteiger partial charge in [0.15, 0.2) is 0 Å². The van der Waals surface area contributed by atoms with Gasteiger partial charge in [0, 0.05) is 19.0 Å². The number of amides is 1. The second-order valence-electron chi connectivity index (χ2n) is 4.28. The quantitative estimate of drug-likeness (QED) is 0.673. The van der Waals surface area contributed by atoms with E-state index in [1.54, 1.807) is 18.9 Å². The number of nitrogens with zero attached hydrogens (tertiary/aromatic N) is 1. The summed E-state index contributed by atoms with van der Waals surface area (Å²) in [4.78, 5) is 13.1. The average molecular weight is 173 g/mol. The molecule has 0 radical (unpaired) electrons. The summed E-state index contributed by atoms with van der Waals surface area (Å²) in [7, 11) is 1.71. The van der Waals surface area contributed by atoms with E-state index in [0.29, 0.717) is 6.54 Å². The SMILES string of the molecule is C[C@H](O)CN(C)C(=O)C(C)(C)C. The number of likely N-dealkylation sites (N-methyl/N-ethyl adjacent to an activating group) is 1. The van der Waals surface area contributed by atoms with Crippen LogP contribution in [0, 0.1) is 5.41 Å². The number of rotatable bonds is 2. The number of hydrogen-bond acceptors (Lipinski definition) is 2. The molecule has 72 valence electrons. The Morgan fingerprint density at radius 3 is 2.17 bits per heavy atom. The Morgan fingerprint density at radius 2 is 1.92 bits per heavy atom. The van der Waals surface area contributed by atoms with Crippen LogP contribution in [-0.2, 0) is 4.79 Å². The van der Waals surface area contributed by atoms with E-state index >= 15 is 0 Å². The molecule has 3 nitrogen and oxygen atoms in total. The fourth-order valence-corrected chi connectivity index (χ4v) is 1.05. The van der Waals surface area contributed by atoms with Crippen LogP contribution in [0.1, 0.15) is 27.7 Å². The Morgan fingerprint density at radius 1 is 1.50 bits per heavy atom. The zero-order valence-corrected chi connectivity index (χ0v) is 8.59. The molecule has 0 bridgehead atoms. The van der Waals surface area contributed by atoms with Gasteiger partial charge in [-0.25, -0.2) is 0 Å². The highest BCUT2D eigenvalue weighted by molar-refractivity contribution is 5.81. The van der Waals surface area contributed by atoms with Crippen LogP contribution in [0.4, 0.5) is 0 Å². The van der Waals surface area contributed by atoms with Crippen molar-refractivity contribution in [2.24, 2.45) is 5.41 Å². The van der Waals surface area contributed by atoms with Crippen molar-refractivity contribution in [3.05, 3.63) is 0 Å². The summed E-state index contributed by atoms with van der Waals surface area (Å²) in [5, 5.41) is 9.04. The molecule has 0 heterocycles. The molecule has 0 aliphatic carbocycles. The number of carbonyl (C=O) groups is 1. The highest BCUT2D eigenvalue weighted by Gasteiger charge is 2.25. The second-order valence-corrected chi connectivity index (χ2v) is 4.28. The smallest absolute Gasteiger partial charge is 0.227 e. The lowest BCUT2D eigenvalue weighted by molar-refractivity contribution is -0.139. The molecule has 1 atom stereocenters. The van der Waals surface area contributed by atoms with Crippen LogP contribution in [0.15, 0.2) is 0 Å². The van der Waals surface area contributed by atoms with E-state index in [4.69, 9.17) is 5.11 Å². The molecule has 0 saturated carbocycles. The lowest BCUT2D eigenvalue weighted by Gasteiger charge is -2.26. The third kappa shape index (κ3) is 3.72. The number of carbonyl (C=O) groups excluding carboxylic acids is 1. The van der Waals surface area contributed by atoms with Crippen molar-refractivity contribution in [3.63, 3.8) is 0 Å². The van der Waals surface area contributed by atoms with Crippen molar-refractivity contribution in [1.29, 1.82) is 0 Å². The summed E-state index contributed by atoms with van der Waals surface area (Å²) >= 11 is 0. The first-order valence-corrected chi connectivity index (χ1v) is 4.18. The van der Waals surface area contributed by atoms with Crippen molar-refractivity contribution in [2.75, 3.05) is 13.6 Å². The Labute approximate surface area is 74.4 Å². The molecule has 12 heavy (non-hydrogen) atoms. The van der Waals surface area contributed by atoms with Crippen molar-refractivity contribution in [1.82, 2.24) is 4.90 Å². The summed E-state index contributed by atoms with van der Waals surface area (Å²) in [6.07, 6.45) is -0.457. The van der Waals surface area contributed by atoms with Gasteiger partial charge in [0.2, 0.25) is 5.91 Å². The van der Waals surface area contributed by atoms with Gasteiger partial charge in [-0.3, -0.25) is 4.79 Å². The molecule has 1 N–H and O–H groups in total. The van der Waals surface area contributed by atoms with Crippen LogP contribution in [0.2, 0.25) is 0 Å². The summed E-state index contributed by atoms with van der Waals surface area (Å²) in [5.74, 6) is 0.0587. The highest BCUT2D eigenvalue weighted by Crippen LogP contribution is 2.16. The monoisotopic (exact) mass is 173 g/mol. The molecule has 0 aromatic heterocycles. The fourth-order valence-electron chi connectivity index (χ4n) is 1.05. The normalized spacial score (nSPS) is 14.2. The fraction of sp³-hybridized carbons (Fsp3) is 0.889. The first kappa shape index (κ1) is 11.4. The molecule has 0 saturated heterocycles. The van der Waals surface area contributed by atoms with Gasteiger partial charge >= 0.3 is 0 Å². The minimum Gasteiger partial charge on any atom is -0.392 e. The van der Waals surface area contributed by atoms with E-state index in [0.717, 1.165) is 0 Å². The second kappa shape index (κ2) is 3.90. The first-order valence-electron chi connectivity index (χ1n) is 4.18. The lowest BCUT2D eigenvalue weighted by atomic mass is 9.95. The minimum atomic E-state index is -0.457. The van der Waals surface area contributed by atoms with E-state index in [2.05, 4.69) is 0 Å². The maximum Gasteiger partial charge on any atom is 0.227 e. The molecule has 0 aromatic rings. The molecular formula is C9H19NO2. The lowest BCUT2D eigenvalue weighted by Crippen LogP contribution is -2.40. The van der Waals surface area contributed by atoms with Gasteiger partial charge in [0.05, 0.1) is 6.10 Å². The van der Waals surface area contributed by atoms with E-state index in [-0.39, 0.29) is 11.3 Å². The predicted octanol–water partition coefficient (Wildman–Crippen LogP) is 0.872. The van der Waals surface area contributed by atoms with Crippen molar-refractivity contribution in [3.8, 4) is 0 Å². The third-order valence-corrected chi connectivity index (χ3v) is 1.53. The maximum atomic E-state index is 11.5. The Bertz CT molecular complexity index is 158. The summed E-state index contributed by atoms with van der Waals surface area (Å²) < 4.78 is 0. The number of aliphatic hydroxyl groups is 1. The van der Waals surface area contributed by atoms with E-state index in [9.17, 15) is 4.79 Å². The maximum absolute atomic E-state index is 11.5. The van der Waals surface area contributed by atoms with E-state index < -0.39 is 6.10 Å². The average Bonchev–Trinajstić information content (AvgIpc) is 1.82. The minimum absolute atomic E-state index is 0.0587. The molecule has 0 rings (SSSR count). The van der Waals surface area contributed by atoms with Crippen LogP contribution >= 0.6 is 0 Å². The van der Waals surface area contributed by atoms with E-state index in [1.807, 2.05) is 20.8 Å². The molecule has 0 aromatic carbocycles. The van der Waals surface area contributed by atoms with Crippen LogP contribution < -0.4 is 0 Å². The van der Waals surface area contributed by atoms with Gasteiger partial charge in [0.25, 0.3) is 0 Å². The van der Waals surface area contributed by atoms with Crippen LogP contribution in [-0.4, -0.2) is 35.6 Å². The molecular weight excluding hydrogens is 154 g/mol. The standard InChI is InChI=1S/C9H19NO2/c1-7(11)6-10(5)8(12)9(2,3)4/h7,11H,6H2,1-5H3/t7-/m0/s1. The van der Waals surface area contributed by atoms with Crippen molar-refractivity contribution in [2.45, 2.75) is 33.8 Å². The van der Waals surface area contributed by atoms with Gasteiger partial charge < -0.3 is 10.0 Å². The number of aliphatic hydroxyl groups excluding tert-OH is 1. The zero-order chi connectivity index (χ0) is 9.94. The molecule has 0 unspecified atom stereocenters. The molecule has 0 aliphatic rings. The topological polar surface area (TPSA) is 40.5 Å². The zero-order valence-electron chi connectivity index (χ0n) is 8.59. The molecule has 1 amide bonds. The highest BCUT2D eigenvalue weighted by atomic mass is 16.3. The Balaban J connectivity index is 4.12. The predicted molar refractivity (Wildman–Crippen MR) is 48.8 cm³/mol. The van der Waals surface area contributed by atoms with Gasteiger partial charge in [0.1, 0.15) is 0 Å². The van der Waals surface area contributed by atoms with Gasteiger partial charge in [-0.1, -0.05) is 20.8 Å². The van der Waals surface area contributed by atoms with Crippen LogP contribution in [0.25, 0.3) is 0 Å². The molecule has 0 aliphatic heterocycles. The Hall–Kier alpha value is -0.570. The Kier molecular flexibility index (Phi) is 3.71. The molecule has 3 heteroatoms. The summed E-state index contributed by atoms with van der Waals surface area (Å²) in [5.41, 5.74) is -0.357.